The molecule has 2 aliphatic rings. The molecular weight excluding hydrogens is 1030 g/mol. The number of carbonyl (C=O) groups excluding carboxylic acids is 11. The molecule has 2 rings (SSSR count). The van der Waals surface area contributed by atoms with Crippen molar-refractivity contribution >= 4 is 76.9 Å². The molecule has 0 bridgehead atoms. The first kappa shape index (κ1) is 67.1. The Balaban J connectivity index is 2.26. The third-order valence-electron chi connectivity index (χ3n) is 13.5. The number of aliphatic hydroxyl groups is 2. The molecule has 0 aromatic rings. The van der Waals surface area contributed by atoms with Crippen molar-refractivity contribution < 1.29 is 82.8 Å². The number of aliphatic hydroxyl groups excluding tert-OH is 2. The fraction of sp³-hybridized carbons (Fsp3) is 0.729. The molecule has 2 fully saturated rings. The number of amides is 11. The summed E-state index contributed by atoms with van der Waals surface area (Å²) in [6.45, 7) is 5.15. The number of unbranched alkanes of at least 4 members (excludes halogenated alkanes) is 1. The number of rotatable bonds is 35. The number of carboxylic acid groups (broad SMARTS) is 2. The number of likely N-dealkylation sites (tertiary alicyclic amines) is 2. The smallest absolute Gasteiger partial charge is 0.326 e. The van der Waals surface area contributed by atoms with Gasteiger partial charge in [0.25, 0.3) is 0 Å². The summed E-state index contributed by atoms with van der Waals surface area (Å²) in [5, 5.41) is 55.9. The van der Waals surface area contributed by atoms with Crippen LogP contribution < -0.4 is 60.2 Å². The SMILES string of the molecule is CC[C@H](C)[C@H](NC(=O)[C@H](CO)NC(=O)[C@H](C)NC(=O)[C@@H](NC(=O)[C@@H](N)CCC(=O)O)[C@@H](C)O)C(=O)N1CCC[C@H]1C(=O)N1CCC[C@H]1C(=O)N[C@@H](CCC(N)=O)C(=O)N[C@@H](CCCCN)C(=O)N[C@@H](CCCC(N)=O)C(=O)O. The van der Waals surface area contributed by atoms with Gasteiger partial charge in [0.2, 0.25) is 65.0 Å². The summed E-state index contributed by atoms with van der Waals surface area (Å²) >= 11 is 0. The van der Waals surface area contributed by atoms with Crippen LogP contribution in [0.1, 0.15) is 124 Å². The van der Waals surface area contributed by atoms with Gasteiger partial charge in [-0.2, -0.15) is 0 Å². The van der Waals surface area contributed by atoms with Gasteiger partial charge in [0.05, 0.1) is 18.8 Å². The predicted octanol–water partition coefficient (Wildman–Crippen LogP) is -5.87. The average Bonchev–Trinajstić information content (AvgIpc) is 4.11. The minimum absolute atomic E-state index is 0.00354. The van der Waals surface area contributed by atoms with Crippen molar-refractivity contribution in [2.75, 3.05) is 26.2 Å². The standard InChI is InChI=1S/C48H81N13O17/c1-5-24(2)37(58-43(72)31(23-62)57-39(68)25(3)53-45(74)38(26(4)63)59-40(69)27(50)16-19-36(66)67)47(76)61-22-10-14-33(61)46(75)60-21-9-13-32(60)44(73)55-29(17-18-35(52)65)42(71)54-28(11-6-7-20-49)41(70)56-30(48(77)78)12-8-15-34(51)64/h24-33,37-38,62-63H,5-23,49-50H2,1-4H3,(H2,51,64)(H2,52,65)(H,53,74)(H,54,71)(H,55,73)(H,56,70)(H,57,68)(H,58,72)(H,59,69)(H,66,67)(H,77,78)/t24-,25-,26+,27-,28-,29-,30-,31-,32-,33-,37-,38-/m0/s1. The van der Waals surface area contributed by atoms with Crippen LogP contribution in [0, 0.1) is 5.92 Å². The Morgan fingerprint density at radius 2 is 1.12 bits per heavy atom. The third kappa shape index (κ3) is 21.4. The number of aliphatic carboxylic acids is 2. The third-order valence-corrected chi connectivity index (χ3v) is 13.5. The van der Waals surface area contributed by atoms with E-state index in [-0.39, 0.29) is 71.0 Å². The lowest BCUT2D eigenvalue weighted by Crippen LogP contribution is -2.61. The molecular formula is C48H81N13O17. The van der Waals surface area contributed by atoms with Crippen molar-refractivity contribution in [1.29, 1.82) is 0 Å². The highest BCUT2D eigenvalue weighted by atomic mass is 16.4. The second-order valence-corrected chi connectivity index (χ2v) is 19.7. The number of hydrogen-bond donors (Lipinski definition) is 15. The number of carbonyl (C=O) groups is 13. The normalized spacial score (nSPS) is 18.9. The molecule has 30 heteroatoms. The second kappa shape index (κ2) is 33.3. The molecule has 12 atom stereocenters. The molecule has 0 aliphatic carbocycles. The zero-order valence-corrected chi connectivity index (χ0v) is 44.7. The summed E-state index contributed by atoms with van der Waals surface area (Å²) in [5.41, 5.74) is 21.9. The Hall–Kier alpha value is -7.05. The molecule has 2 heterocycles. The van der Waals surface area contributed by atoms with Crippen molar-refractivity contribution in [3.63, 3.8) is 0 Å². The highest BCUT2D eigenvalue weighted by molar-refractivity contribution is 5.99. The average molecular weight is 1110 g/mol. The maximum Gasteiger partial charge on any atom is 0.326 e. The highest BCUT2D eigenvalue weighted by Crippen LogP contribution is 2.27. The van der Waals surface area contributed by atoms with Crippen LogP contribution in [0.5, 0.6) is 0 Å². The number of nitrogens with one attached hydrogen (secondary N) is 7. The van der Waals surface area contributed by atoms with Crippen molar-refractivity contribution in [1.82, 2.24) is 47.0 Å². The summed E-state index contributed by atoms with van der Waals surface area (Å²) in [5.74, 6) is -12.6. The Labute approximate surface area is 451 Å². The van der Waals surface area contributed by atoms with Gasteiger partial charge in [0.1, 0.15) is 54.4 Å². The summed E-state index contributed by atoms with van der Waals surface area (Å²) in [6, 6.07) is -14.0. The van der Waals surface area contributed by atoms with E-state index < -0.39 is 169 Å². The Morgan fingerprint density at radius 3 is 1.67 bits per heavy atom. The highest BCUT2D eigenvalue weighted by Gasteiger charge is 2.45. The van der Waals surface area contributed by atoms with Gasteiger partial charge in [-0.25, -0.2) is 4.79 Å². The first-order valence-corrected chi connectivity index (χ1v) is 26.2. The van der Waals surface area contributed by atoms with Crippen LogP contribution in [-0.4, -0.2) is 200 Å². The van der Waals surface area contributed by atoms with E-state index in [0.29, 0.717) is 32.1 Å². The number of nitrogens with two attached hydrogens (primary N) is 4. The maximum atomic E-state index is 14.4. The first-order valence-electron chi connectivity index (χ1n) is 26.2. The molecule has 0 unspecified atom stereocenters. The molecule has 0 aromatic heterocycles. The Bertz CT molecular complexity index is 2150. The Morgan fingerprint density at radius 1 is 0.577 bits per heavy atom. The summed E-state index contributed by atoms with van der Waals surface area (Å²) in [4.78, 5) is 171. The van der Waals surface area contributed by atoms with E-state index >= 15 is 0 Å². The summed E-state index contributed by atoms with van der Waals surface area (Å²) in [7, 11) is 0. The molecule has 78 heavy (non-hydrogen) atoms. The van der Waals surface area contributed by atoms with Crippen LogP contribution in [0.2, 0.25) is 0 Å². The van der Waals surface area contributed by atoms with E-state index in [9.17, 15) is 77.6 Å². The van der Waals surface area contributed by atoms with Crippen molar-refractivity contribution in [3.8, 4) is 0 Å². The van der Waals surface area contributed by atoms with Crippen LogP contribution in [0.3, 0.4) is 0 Å². The summed E-state index contributed by atoms with van der Waals surface area (Å²) < 4.78 is 0. The van der Waals surface area contributed by atoms with Crippen LogP contribution in [-0.2, 0) is 62.3 Å². The molecule has 0 aromatic carbocycles. The van der Waals surface area contributed by atoms with E-state index in [1.807, 2.05) is 0 Å². The topological polar surface area (TPSA) is 498 Å². The number of primary amides is 2. The van der Waals surface area contributed by atoms with E-state index in [0.717, 1.165) is 6.92 Å². The minimum atomic E-state index is -1.68. The van der Waals surface area contributed by atoms with Crippen molar-refractivity contribution in [3.05, 3.63) is 0 Å². The zero-order valence-electron chi connectivity index (χ0n) is 44.7. The molecule has 440 valence electrons. The van der Waals surface area contributed by atoms with Gasteiger partial charge in [-0.3, -0.25) is 57.5 Å². The largest absolute Gasteiger partial charge is 0.481 e. The van der Waals surface area contributed by atoms with Crippen LogP contribution in [0.25, 0.3) is 0 Å². The van der Waals surface area contributed by atoms with E-state index in [4.69, 9.17) is 28.0 Å². The van der Waals surface area contributed by atoms with Gasteiger partial charge < -0.3 is 90.4 Å². The molecule has 2 aliphatic heterocycles. The van der Waals surface area contributed by atoms with Crippen LogP contribution in [0.4, 0.5) is 0 Å². The molecule has 0 radical (unpaired) electrons. The lowest BCUT2D eigenvalue weighted by molar-refractivity contribution is -0.149. The number of carboxylic acids is 2. The van der Waals surface area contributed by atoms with Crippen molar-refractivity contribution in [2.45, 2.75) is 191 Å². The van der Waals surface area contributed by atoms with E-state index in [1.54, 1.807) is 13.8 Å². The van der Waals surface area contributed by atoms with Gasteiger partial charge in [0.15, 0.2) is 0 Å². The molecule has 11 amide bonds. The lowest BCUT2D eigenvalue weighted by atomic mass is 9.96. The van der Waals surface area contributed by atoms with Gasteiger partial charge in [-0.1, -0.05) is 20.3 Å². The summed E-state index contributed by atoms with van der Waals surface area (Å²) in [6.07, 6.45) is -1.16. The second-order valence-electron chi connectivity index (χ2n) is 19.7. The van der Waals surface area contributed by atoms with Crippen molar-refractivity contribution in [2.24, 2.45) is 28.9 Å². The Kier molecular flexibility index (Phi) is 28.6. The molecule has 0 saturated carbocycles. The molecule has 19 N–H and O–H groups in total. The van der Waals surface area contributed by atoms with Crippen LogP contribution in [0.15, 0.2) is 0 Å². The molecule has 2 saturated heterocycles. The maximum absolute atomic E-state index is 14.4. The van der Waals surface area contributed by atoms with E-state index in [2.05, 4.69) is 37.2 Å². The molecule has 30 nitrogen and oxygen atoms in total. The zero-order chi connectivity index (χ0) is 59.0. The number of hydrogen-bond acceptors (Lipinski definition) is 17. The van der Waals surface area contributed by atoms with Gasteiger partial charge in [-0.05, 0) is 96.9 Å². The predicted molar refractivity (Wildman–Crippen MR) is 274 cm³/mol. The lowest BCUT2D eigenvalue weighted by Gasteiger charge is -2.35. The molecule has 0 spiro atoms. The first-order chi connectivity index (χ1) is 36.7. The van der Waals surface area contributed by atoms with Gasteiger partial charge in [0, 0.05) is 32.4 Å². The quantitative estimate of drug-likeness (QED) is 0.0263. The van der Waals surface area contributed by atoms with Crippen LogP contribution >= 0.6 is 0 Å². The van der Waals surface area contributed by atoms with E-state index in [1.165, 1.54) is 16.7 Å². The van der Waals surface area contributed by atoms with Gasteiger partial charge >= 0.3 is 11.9 Å². The fourth-order valence-corrected chi connectivity index (χ4v) is 8.70. The number of nitrogens with zero attached hydrogens (tertiary/aromatic N) is 2. The fourth-order valence-electron chi connectivity index (χ4n) is 8.70. The minimum Gasteiger partial charge on any atom is -0.481 e. The van der Waals surface area contributed by atoms with Gasteiger partial charge in [-0.15, -0.1) is 0 Å². The monoisotopic (exact) mass is 1110 g/mol.